The number of hydrogen-bond donors (Lipinski definition) is 1. The quantitative estimate of drug-likeness (QED) is 0.239. The molecule has 0 spiro atoms. The zero-order valence-corrected chi connectivity index (χ0v) is 21.4. The molecule has 1 amide bonds. The minimum Gasteiger partial charge on any atom is -0.349 e. The van der Waals surface area contributed by atoms with Crippen molar-refractivity contribution in [1.82, 2.24) is 19.6 Å². The number of aromatic nitrogens is 2. The fourth-order valence-corrected chi connectivity index (χ4v) is 5.82. The number of amides is 1. The molecule has 13 heteroatoms. The normalized spacial score (nSPS) is 18.8. The Kier molecular flexibility index (Phi) is 7.61. The summed E-state index contributed by atoms with van der Waals surface area (Å²) in [6.07, 6.45) is -0.665. The molecule has 1 aromatic heterocycles. The molecule has 1 N–H and O–H groups in total. The van der Waals surface area contributed by atoms with Crippen molar-refractivity contribution in [2.45, 2.75) is 34.0 Å². The van der Waals surface area contributed by atoms with Gasteiger partial charge in [0.1, 0.15) is 24.4 Å². The van der Waals surface area contributed by atoms with Gasteiger partial charge in [0.05, 0.1) is 22.8 Å². The maximum atomic E-state index is 14.2. The molecule has 0 radical (unpaired) electrons. The summed E-state index contributed by atoms with van der Waals surface area (Å²) in [6, 6.07) is 10.0. The summed E-state index contributed by atoms with van der Waals surface area (Å²) in [7, 11) is -4.32. The number of nitrogens with one attached hydrogen (secondary N) is 1. The smallest absolute Gasteiger partial charge is 0.321 e. The van der Waals surface area contributed by atoms with Gasteiger partial charge >= 0.3 is 3.93 Å². The third-order valence-corrected chi connectivity index (χ3v) is 8.08. The van der Waals surface area contributed by atoms with E-state index in [0.29, 0.717) is 17.0 Å². The molecule has 3 aromatic rings. The molecule has 1 aliphatic rings. The van der Waals surface area contributed by atoms with Crippen LogP contribution in [0.1, 0.15) is 17.7 Å². The first-order chi connectivity index (χ1) is 16.9. The topological polar surface area (TPSA) is 92.3 Å². The molecule has 36 heavy (non-hydrogen) atoms. The van der Waals surface area contributed by atoms with Gasteiger partial charge in [-0.15, -0.1) is 0 Å². The van der Waals surface area contributed by atoms with Crippen molar-refractivity contribution < 1.29 is 30.8 Å². The summed E-state index contributed by atoms with van der Waals surface area (Å²) < 4.78 is 78.3. The Labute approximate surface area is 218 Å². The average Bonchev–Trinajstić information content (AvgIpc) is 3.25. The molecule has 4 rings (SSSR count). The van der Waals surface area contributed by atoms with Gasteiger partial charge in [0.15, 0.2) is 0 Å². The lowest BCUT2D eigenvalue weighted by Crippen LogP contribution is -2.45. The van der Waals surface area contributed by atoms with Gasteiger partial charge in [0, 0.05) is 46.7 Å². The molecule has 7 nitrogen and oxygen atoms in total. The minimum atomic E-state index is -4.32. The highest BCUT2D eigenvalue weighted by Gasteiger charge is 2.44. The summed E-state index contributed by atoms with van der Waals surface area (Å²) in [5.74, 6) is -1.51. The van der Waals surface area contributed by atoms with E-state index in [2.05, 4.69) is 15.3 Å². The molecular weight excluding hydrogens is 615 g/mol. The molecule has 1 fully saturated rings. The van der Waals surface area contributed by atoms with Crippen LogP contribution in [0.3, 0.4) is 0 Å². The molecule has 1 saturated heterocycles. The Morgan fingerprint density at radius 2 is 1.86 bits per heavy atom. The van der Waals surface area contributed by atoms with E-state index in [9.17, 15) is 30.8 Å². The van der Waals surface area contributed by atoms with Gasteiger partial charge < -0.3 is 5.32 Å². The first-order valence-corrected chi connectivity index (χ1v) is 13.1. The van der Waals surface area contributed by atoms with Crippen molar-refractivity contribution >= 4 is 38.5 Å². The summed E-state index contributed by atoms with van der Waals surface area (Å²) in [5, 5.41) is 2.56. The van der Waals surface area contributed by atoms with Crippen LogP contribution in [0.25, 0.3) is 11.3 Å². The van der Waals surface area contributed by atoms with Gasteiger partial charge in [-0.3, -0.25) is 4.79 Å². The van der Waals surface area contributed by atoms with E-state index >= 15 is 0 Å². The Bertz CT molecular complexity index is 1370. The Balaban J connectivity index is 1.47. The van der Waals surface area contributed by atoms with Crippen LogP contribution in [0.2, 0.25) is 0 Å². The van der Waals surface area contributed by atoms with E-state index < -0.39 is 44.4 Å². The third kappa shape index (κ3) is 5.83. The Hall–Kier alpha value is -2.65. The number of nitrogens with zero attached hydrogens (tertiary/aromatic N) is 3. The Morgan fingerprint density at radius 1 is 1.14 bits per heavy atom. The number of benzene rings is 2. The highest BCUT2D eigenvalue weighted by molar-refractivity contribution is 14.1. The van der Waals surface area contributed by atoms with Crippen LogP contribution >= 0.6 is 22.6 Å². The largest absolute Gasteiger partial charge is 0.349 e. The van der Waals surface area contributed by atoms with E-state index in [4.69, 9.17) is 0 Å². The van der Waals surface area contributed by atoms with Crippen molar-refractivity contribution in [2.75, 3.05) is 6.54 Å². The minimum absolute atomic E-state index is 0.112. The second-order valence-corrected chi connectivity index (χ2v) is 11.3. The second-order valence-electron chi connectivity index (χ2n) is 8.07. The first-order valence-electron chi connectivity index (χ1n) is 10.6. The van der Waals surface area contributed by atoms with Crippen LogP contribution in [-0.4, -0.2) is 47.4 Å². The predicted molar refractivity (Wildman–Crippen MR) is 131 cm³/mol. The van der Waals surface area contributed by atoms with Gasteiger partial charge in [-0.05, 0) is 24.3 Å². The number of rotatable bonds is 7. The molecule has 0 bridgehead atoms. The van der Waals surface area contributed by atoms with Gasteiger partial charge in [-0.2, -0.15) is 13.1 Å². The fourth-order valence-electron chi connectivity index (χ4n) is 3.80. The van der Waals surface area contributed by atoms with Crippen LogP contribution in [0.15, 0.2) is 65.8 Å². The maximum absolute atomic E-state index is 14.2. The zero-order valence-electron chi connectivity index (χ0n) is 18.4. The van der Waals surface area contributed by atoms with E-state index in [1.54, 1.807) is 6.07 Å². The number of carbonyl (C=O) groups excluding carboxylic acids is 1. The van der Waals surface area contributed by atoms with Gasteiger partial charge in [-0.25, -0.2) is 27.2 Å². The molecular formula is C23H19F4IN4O3S. The second kappa shape index (κ2) is 10.4. The lowest BCUT2D eigenvalue weighted by Gasteiger charge is -2.23. The number of halogens is 5. The summed E-state index contributed by atoms with van der Waals surface area (Å²) >= 11 is 1.04. The molecule has 2 atom stereocenters. The lowest BCUT2D eigenvalue weighted by atomic mass is 10.1. The first kappa shape index (κ1) is 26.4. The Morgan fingerprint density at radius 3 is 2.53 bits per heavy atom. The molecule has 0 aliphatic carbocycles. The van der Waals surface area contributed by atoms with Gasteiger partial charge in [0.25, 0.3) is 0 Å². The van der Waals surface area contributed by atoms with Crippen molar-refractivity contribution in [1.29, 1.82) is 0 Å². The van der Waals surface area contributed by atoms with Crippen molar-refractivity contribution in [3.63, 3.8) is 0 Å². The van der Waals surface area contributed by atoms with E-state index in [-0.39, 0.29) is 23.4 Å². The molecule has 2 heterocycles. The predicted octanol–water partition coefficient (Wildman–Crippen LogP) is 4.18. The highest BCUT2D eigenvalue weighted by Crippen LogP contribution is 2.35. The molecule has 2 aromatic carbocycles. The maximum Gasteiger partial charge on any atom is 0.321 e. The van der Waals surface area contributed by atoms with Crippen LogP contribution in [0.4, 0.5) is 17.6 Å². The lowest BCUT2D eigenvalue weighted by molar-refractivity contribution is -0.124. The summed E-state index contributed by atoms with van der Waals surface area (Å²) in [6.45, 7) is -0.638. The molecule has 0 saturated carbocycles. The van der Waals surface area contributed by atoms with Crippen molar-refractivity contribution in [3.8, 4) is 11.3 Å². The fraction of sp³-hybridized carbons (Fsp3) is 0.261. The molecule has 0 unspecified atom stereocenters. The number of hydrogen-bond acceptors (Lipinski definition) is 5. The highest BCUT2D eigenvalue weighted by atomic mass is 127. The summed E-state index contributed by atoms with van der Waals surface area (Å²) in [4.78, 5) is 20.6. The van der Waals surface area contributed by atoms with Crippen LogP contribution in [-0.2, 0) is 25.3 Å². The average molecular weight is 634 g/mol. The van der Waals surface area contributed by atoms with Crippen molar-refractivity contribution in [3.05, 3.63) is 78.0 Å². The monoisotopic (exact) mass is 634 g/mol. The SMILES string of the molecule is O=C(NCc1cc(-c2ccc(C(F)(F)I)cc2)ncn1)[C@@H]1C[C@@H](F)CN1S(=O)(=O)c1cccc(F)c1. The number of alkyl halides is 4. The molecule has 190 valence electrons. The van der Waals surface area contributed by atoms with Gasteiger partial charge in [0.2, 0.25) is 15.9 Å². The van der Waals surface area contributed by atoms with Crippen molar-refractivity contribution in [2.24, 2.45) is 0 Å². The standard InChI is InChI=1S/C23H19F4IN4O3S/c24-16-2-1-3-19(8-16)36(34,35)32-12-17(25)9-21(32)22(33)29-11-18-10-20(31-13-30-18)14-4-6-15(7-5-14)23(26,27)28/h1-8,10,13,17,21H,9,11-12H2,(H,29,33)/t17-,21+/m1/s1. The third-order valence-electron chi connectivity index (χ3n) is 5.59. The van der Waals surface area contributed by atoms with Crippen LogP contribution in [0.5, 0.6) is 0 Å². The van der Waals surface area contributed by atoms with Crippen LogP contribution < -0.4 is 5.32 Å². The van der Waals surface area contributed by atoms with E-state index in [1.165, 1.54) is 42.7 Å². The van der Waals surface area contributed by atoms with Crippen LogP contribution in [0, 0.1) is 5.82 Å². The number of carbonyl (C=O) groups is 1. The van der Waals surface area contributed by atoms with Gasteiger partial charge in [-0.1, -0.05) is 30.3 Å². The van der Waals surface area contributed by atoms with E-state index in [0.717, 1.165) is 39.0 Å². The molecule has 1 aliphatic heterocycles. The summed E-state index contributed by atoms with van der Waals surface area (Å²) in [5.41, 5.74) is 1.19. The number of sulfonamides is 1. The van der Waals surface area contributed by atoms with E-state index in [1.807, 2.05) is 0 Å². The zero-order chi connectivity index (χ0) is 26.1.